The van der Waals surface area contributed by atoms with Crippen molar-refractivity contribution in [2.24, 2.45) is 33.5 Å². The quantitative estimate of drug-likeness (QED) is 0.152. The first-order valence-electron chi connectivity index (χ1n) is 18.9. The number of aliphatic hydroxyl groups is 2. The molecular weight excluding hydrogens is 673 g/mol. The Hall–Kier alpha value is -3.04. The molecule has 2 spiro atoms. The van der Waals surface area contributed by atoms with Crippen LogP contribution in [0.15, 0.2) is 83.8 Å². The second kappa shape index (κ2) is 12.5. The molecule has 3 fully saturated rings. The summed E-state index contributed by atoms with van der Waals surface area (Å²) in [6, 6.07) is 17.8. The van der Waals surface area contributed by atoms with Crippen LogP contribution in [0.25, 0.3) is 0 Å². The normalized spacial score (nSPS) is 36.8. The van der Waals surface area contributed by atoms with E-state index in [4.69, 9.17) is 0 Å². The number of carbonyl (C=O) groups is 2. The standard InChI is InChI=1S/C43H52N2O4S2/c1-28-12-13-34(51-28)37(47)33-26-41-21-22-43(33)35(39(41,3)18-14-31(46)25-41)15-19-40(4)36(43)16-20-42(40,49)27-45(23-17-32-11-8-24-50-32)38(48)44-29(2)30-9-6-5-7-10-30/h5-13,21-22,24,26,29,31,35-36,46,49H,14-20,23,25,27H2,1-4H3,(H,44,48)/t29-,31?,35-,36-,39-,40+,41+,42-,43-/m1/s1. The molecule has 51 heavy (non-hydrogen) atoms. The number of carbonyl (C=O) groups excluding carboxylic acids is 2. The minimum Gasteiger partial charge on any atom is -0.393 e. The lowest BCUT2D eigenvalue weighted by Gasteiger charge is -2.71. The SMILES string of the molecule is Cc1ccc(C(=O)C2=C[C@@]34C=C[C@@]25[C@@H]2CC[C@@](O)(CN(CCc6cccs6)C(=O)N[C@H](C)c6ccccc6)[C@@]2(C)CC[C@@H]5[C@@]3(C)CCC(O)C4)s1. The zero-order valence-corrected chi connectivity index (χ0v) is 32.0. The van der Waals surface area contributed by atoms with E-state index < -0.39 is 16.4 Å². The third-order valence-electron chi connectivity index (χ3n) is 14.5. The van der Waals surface area contributed by atoms with E-state index in [9.17, 15) is 19.8 Å². The number of benzene rings is 1. The molecule has 6 aliphatic carbocycles. The highest BCUT2D eigenvalue weighted by Gasteiger charge is 2.74. The molecule has 1 unspecified atom stereocenters. The molecule has 9 atom stereocenters. The molecule has 270 valence electrons. The lowest BCUT2D eigenvalue weighted by Crippen LogP contribution is -2.67. The minimum absolute atomic E-state index is 0.0358. The Labute approximate surface area is 310 Å². The molecule has 3 N–H and O–H groups in total. The maximum atomic E-state index is 14.8. The summed E-state index contributed by atoms with van der Waals surface area (Å²) < 4.78 is 0. The van der Waals surface area contributed by atoms with Crippen LogP contribution < -0.4 is 5.32 Å². The summed E-state index contributed by atoms with van der Waals surface area (Å²) in [5, 5.41) is 29.4. The van der Waals surface area contributed by atoms with Crippen LogP contribution in [0.3, 0.4) is 0 Å². The first-order chi connectivity index (χ1) is 24.3. The molecule has 0 aliphatic heterocycles. The van der Waals surface area contributed by atoms with Crippen molar-refractivity contribution in [2.45, 2.75) is 96.8 Å². The molecule has 1 aromatic carbocycles. The summed E-state index contributed by atoms with van der Waals surface area (Å²) in [5.74, 6) is 0.377. The summed E-state index contributed by atoms with van der Waals surface area (Å²) in [6.07, 6.45) is 12.8. The predicted octanol–water partition coefficient (Wildman–Crippen LogP) is 8.91. The van der Waals surface area contributed by atoms with Gasteiger partial charge in [-0.2, -0.15) is 0 Å². The molecule has 8 heteroatoms. The first kappa shape index (κ1) is 35.0. The molecule has 2 heterocycles. The van der Waals surface area contributed by atoms with Gasteiger partial charge in [-0.15, -0.1) is 22.7 Å². The van der Waals surface area contributed by atoms with Gasteiger partial charge in [0, 0.05) is 38.1 Å². The highest BCUT2D eigenvalue weighted by Crippen LogP contribution is 2.78. The number of aliphatic hydroxyl groups excluding tert-OH is 1. The van der Waals surface area contributed by atoms with Gasteiger partial charge in [-0.05, 0) is 112 Å². The zero-order chi connectivity index (χ0) is 35.8. The highest BCUT2D eigenvalue weighted by atomic mass is 32.1. The van der Waals surface area contributed by atoms with Gasteiger partial charge in [0.15, 0.2) is 5.78 Å². The van der Waals surface area contributed by atoms with Crippen molar-refractivity contribution in [3.63, 3.8) is 0 Å². The summed E-state index contributed by atoms with van der Waals surface area (Å²) in [6.45, 7) is 9.49. The Morgan fingerprint density at radius 2 is 1.71 bits per heavy atom. The fourth-order valence-electron chi connectivity index (χ4n) is 11.7. The summed E-state index contributed by atoms with van der Waals surface area (Å²) in [4.78, 5) is 33.9. The van der Waals surface area contributed by atoms with Gasteiger partial charge in [-0.25, -0.2) is 4.79 Å². The Bertz CT molecular complexity index is 1870. The van der Waals surface area contributed by atoms with Gasteiger partial charge in [0.2, 0.25) is 0 Å². The maximum Gasteiger partial charge on any atom is 0.317 e. The lowest BCUT2D eigenvalue weighted by atomic mass is 9.32. The number of urea groups is 1. The molecule has 2 aromatic heterocycles. The van der Waals surface area contributed by atoms with Crippen LogP contribution in [0.1, 0.15) is 96.7 Å². The van der Waals surface area contributed by atoms with Crippen LogP contribution in [-0.2, 0) is 6.42 Å². The number of ketones is 1. The number of nitrogens with zero attached hydrogens (tertiary/aromatic N) is 1. The second-order valence-electron chi connectivity index (χ2n) is 16.9. The average Bonchev–Trinajstić information content (AvgIpc) is 3.86. The van der Waals surface area contributed by atoms with Crippen molar-refractivity contribution in [2.75, 3.05) is 13.1 Å². The van der Waals surface area contributed by atoms with E-state index in [0.717, 1.165) is 59.4 Å². The van der Waals surface area contributed by atoms with Crippen molar-refractivity contribution < 1.29 is 19.8 Å². The molecule has 3 aromatic rings. The smallest absolute Gasteiger partial charge is 0.317 e. The maximum absolute atomic E-state index is 14.8. The van der Waals surface area contributed by atoms with Gasteiger partial charge < -0.3 is 20.4 Å². The Morgan fingerprint density at radius 3 is 2.43 bits per heavy atom. The number of hydrogen-bond donors (Lipinski definition) is 3. The van der Waals surface area contributed by atoms with Gasteiger partial charge in [-0.1, -0.05) is 68.5 Å². The third kappa shape index (κ3) is 5.29. The van der Waals surface area contributed by atoms with E-state index in [0.29, 0.717) is 19.4 Å². The molecule has 2 bridgehead atoms. The number of allylic oxidation sites excluding steroid dienone is 4. The number of hydrogen-bond acceptors (Lipinski definition) is 6. The number of Topliss-reactive ketones (excluding diaryl/α,β-unsaturated/α-hetero) is 1. The molecule has 2 amide bonds. The number of amides is 2. The van der Waals surface area contributed by atoms with Crippen LogP contribution in [0.4, 0.5) is 4.79 Å². The topological polar surface area (TPSA) is 89.9 Å². The fourth-order valence-corrected chi connectivity index (χ4v) is 13.2. The van der Waals surface area contributed by atoms with Crippen LogP contribution in [-0.4, -0.2) is 51.7 Å². The molecular formula is C43H52N2O4S2. The largest absolute Gasteiger partial charge is 0.393 e. The summed E-state index contributed by atoms with van der Waals surface area (Å²) in [7, 11) is 0. The lowest BCUT2D eigenvalue weighted by molar-refractivity contribution is -0.174. The van der Waals surface area contributed by atoms with Crippen molar-refractivity contribution in [1.82, 2.24) is 10.2 Å². The Balaban J connectivity index is 1.15. The average molecular weight is 725 g/mol. The Morgan fingerprint density at radius 1 is 0.961 bits per heavy atom. The van der Waals surface area contributed by atoms with Crippen LogP contribution >= 0.6 is 22.7 Å². The highest BCUT2D eigenvalue weighted by molar-refractivity contribution is 7.14. The number of rotatable bonds is 9. The van der Waals surface area contributed by atoms with Gasteiger partial charge >= 0.3 is 6.03 Å². The number of aryl methyl sites for hydroxylation is 1. The molecule has 9 rings (SSSR count). The zero-order valence-electron chi connectivity index (χ0n) is 30.4. The van der Waals surface area contributed by atoms with E-state index in [-0.39, 0.29) is 53.2 Å². The first-order valence-corrected chi connectivity index (χ1v) is 20.6. The van der Waals surface area contributed by atoms with E-state index in [1.54, 1.807) is 22.7 Å². The third-order valence-corrected chi connectivity index (χ3v) is 16.4. The molecule has 0 radical (unpaired) electrons. The van der Waals surface area contributed by atoms with Crippen molar-refractivity contribution >= 4 is 34.5 Å². The Kier molecular flexibility index (Phi) is 8.61. The fraction of sp³-hybridized carbons (Fsp3) is 0.535. The van der Waals surface area contributed by atoms with Gasteiger partial charge in [0.1, 0.15) is 0 Å². The van der Waals surface area contributed by atoms with Crippen LogP contribution in [0.2, 0.25) is 0 Å². The predicted molar refractivity (Wildman–Crippen MR) is 205 cm³/mol. The van der Waals surface area contributed by atoms with Crippen molar-refractivity contribution in [1.29, 1.82) is 0 Å². The van der Waals surface area contributed by atoms with Crippen LogP contribution in [0, 0.1) is 40.4 Å². The molecule has 0 saturated heterocycles. The van der Waals surface area contributed by atoms with Gasteiger partial charge in [0.05, 0.1) is 29.2 Å². The van der Waals surface area contributed by atoms with Crippen LogP contribution in [0.5, 0.6) is 0 Å². The van der Waals surface area contributed by atoms with E-state index >= 15 is 0 Å². The monoisotopic (exact) mass is 724 g/mol. The molecule has 3 saturated carbocycles. The summed E-state index contributed by atoms with van der Waals surface area (Å²) in [5.41, 5.74) is -0.685. The molecule has 6 aliphatic rings. The van der Waals surface area contributed by atoms with Gasteiger partial charge in [0.25, 0.3) is 0 Å². The minimum atomic E-state index is -1.13. The van der Waals surface area contributed by atoms with Crippen molar-refractivity contribution in [3.8, 4) is 0 Å². The van der Waals surface area contributed by atoms with E-state index in [1.165, 1.54) is 4.88 Å². The summed E-state index contributed by atoms with van der Waals surface area (Å²) >= 11 is 3.25. The molecule has 6 nitrogen and oxygen atoms in total. The van der Waals surface area contributed by atoms with E-state index in [1.807, 2.05) is 67.3 Å². The second-order valence-corrected chi connectivity index (χ2v) is 19.2. The van der Waals surface area contributed by atoms with E-state index in [2.05, 4.69) is 48.8 Å². The van der Waals surface area contributed by atoms with Crippen molar-refractivity contribution in [3.05, 3.63) is 104 Å². The number of nitrogens with one attached hydrogen (secondary N) is 1. The number of fused-ring (bicyclic) bond motifs is 1. The number of thiophene rings is 2. The van der Waals surface area contributed by atoms with Gasteiger partial charge in [-0.3, -0.25) is 4.79 Å².